The maximum atomic E-state index is 6.22. The Balaban J connectivity index is 1.88. The second kappa shape index (κ2) is 4.42. The number of piperidine rings is 1. The van der Waals surface area contributed by atoms with Crippen molar-refractivity contribution in [2.24, 2.45) is 23.5 Å². The topological polar surface area (TPSA) is 29.3 Å². The fraction of sp³-hybridized carbons (Fsp3) is 1.00. The molecule has 2 aliphatic rings. The largest absolute Gasteiger partial charge is 0.326 e. The number of hydrogen-bond donors (Lipinski definition) is 1. The van der Waals surface area contributed by atoms with Crippen molar-refractivity contribution in [3.8, 4) is 0 Å². The highest BCUT2D eigenvalue weighted by atomic mass is 15.2. The van der Waals surface area contributed by atoms with E-state index in [9.17, 15) is 0 Å². The van der Waals surface area contributed by atoms with E-state index in [0.29, 0.717) is 6.04 Å². The normalized spacial score (nSPS) is 40.4. The molecule has 15 heavy (non-hydrogen) atoms. The van der Waals surface area contributed by atoms with Crippen LogP contribution in [0.2, 0.25) is 0 Å². The maximum Gasteiger partial charge on any atom is 0.0196 e. The van der Waals surface area contributed by atoms with Crippen molar-refractivity contribution in [1.29, 1.82) is 0 Å². The zero-order valence-corrected chi connectivity index (χ0v) is 10.4. The molecule has 2 fully saturated rings. The van der Waals surface area contributed by atoms with Gasteiger partial charge in [-0.1, -0.05) is 13.8 Å². The van der Waals surface area contributed by atoms with Crippen molar-refractivity contribution in [3.05, 3.63) is 0 Å². The van der Waals surface area contributed by atoms with Gasteiger partial charge in [-0.2, -0.15) is 0 Å². The van der Waals surface area contributed by atoms with Crippen molar-refractivity contribution in [1.82, 2.24) is 4.90 Å². The average molecular weight is 210 g/mol. The fourth-order valence-corrected chi connectivity index (χ4v) is 3.02. The lowest BCUT2D eigenvalue weighted by molar-refractivity contribution is 0.0722. The Morgan fingerprint density at radius 1 is 1.27 bits per heavy atom. The van der Waals surface area contributed by atoms with Gasteiger partial charge in [-0.05, 0) is 43.9 Å². The SMILES string of the molecule is CC1CC(C)C(C)N(CC(N)C2CC2)C1. The second-order valence-corrected chi connectivity index (χ2v) is 6.01. The lowest BCUT2D eigenvalue weighted by Gasteiger charge is -2.42. The predicted molar refractivity (Wildman–Crippen MR) is 64.7 cm³/mol. The lowest BCUT2D eigenvalue weighted by Crippen LogP contribution is -2.50. The Kier molecular flexibility index (Phi) is 3.36. The molecule has 0 aromatic heterocycles. The van der Waals surface area contributed by atoms with E-state index < -0.39 is 0 Å². The van der Waals surface area contributed by atoms with Gasteiger partial charge in [0, 0.05) is 25.2 Å². The molecular formula is C13H26N2. The molecule has 4 atom stereocenters. The van der Waals surface area contributed by atoms with Crippen molar-refractivity contribution < 1.29 is 0 Å². The number of hydrogen-bond acceptors (Lipinski definition) is 2. The van der Waals surface area contributed by atoms with E-state index >= 15 is 0 Å². The van der Waals surface area contributed by atoms with E-state index in [1.165, 1.54) is 25.8 Å². The van der Waals surface area contributed by atoms with Gasteiger partial charge >= 0.3 is 0 Å². The molecule has 0 amide bonds. The summed E-state index contributed by atoms with van der Waals surface area (Å²) in [6.45, 7) is 9.51. The fourth-order valence-electron chi connectivity index (χ4n) is 3.02. The molecule has 2 rings (SSSR count). The van der Waals surface area contributed by atoms with Crippen LogP contribution in [0.1, 0.15) is 40.0 Å². The highest BCUT2D eigenvalue weighted by Crippen LogP contribution is 2.33. The van der Waals surface area contributed by atoms with E-state index in [-0.39, 0.29) is 0 Å². The van der Waals surface area contributed by atoms with Crippen molar-refractivity contribution in [3.63, 3.8) is 0 Å². The Hall–Kier alpha value is -0.0800. The van der Waals surface area contributed by atoms with Crippen LogP contribution in [0.5, 0.6) is 0 Å². The summed E-state index contributed by atoms with van der Waals surface area (Å²) in [6, 6.07) is 1.16. The molecule has 0 aromatic rings. The molecule has 0 spiro atoms. The van der Waals surface area contributed by atoms with Crippen LogP contribution >= 0.6 is 0 Å². The number of nitrogens with two attached hydrogens (primary N) is 1. The summed E-state index contributed by atoms with van der Waals surface area (Å²) in [7, 11) is 0. The first-order valence-corrected chi connectivity index (χ1v) is 6.57. The minimum absolute atomic E-state index is 0.435. The van der Waals surface area contributed by atoms with Crippen LogP contribution in [0.4, 0.5) is 0 Å². The van der Waals surface area contributed by atoms with Crippen molar-refractivity contribution in [2.45, 2.75) is 52.1 Å². The molecule has 1 saturated carbocycles. The van der Waals surface area contributed by atoms with E-state index in [2.05, 4.69) is 25.7 Å². The predicted octanol–water partition coefficient (Wildman–Crippen LogP) is 2.09. The van der Waals surface area contributed by atoms with Gasteiger partial charge in [-0.15, -0.1) is 0 Å². The van der Waals surface area contributed by atoms with Crippen LogP contribution < -0.4 is 5.73 Å². The highest BCUT2D eigenvalue weighted by molar-refractivity contribution is 4.90. The van der Waals surface area contributed by atoms with Gasteiger partial charge < -0.3 is 5.73 Å². The third-order valence-electron chi connectivity index (χ3n) is 4.39. The molecule has 4 unspecified atom stereocenters. The minimum atomic E-state index is 0.435. The monoisotopic (exact) mass is 210 g/mol. The first kappa shape index (κ1) is 11.4. The summed E-state index contributed by atoms with van der Waals surface area (Å²) in [6.07, 6.45) is 4.12. The quantitative estimate of drug-likeness (QED) is 0.773. The number of rotatable bonds is 3. The van der Waals surface area contributed by atoms with E-state index in [1.807, 2.05) is 0 Å². The summed E-state index contributed by atoms with van der Waals surface area (Å²) in [5, 5.41) is 0. The van der Waals surface area contributed by atoms with Gasteiger partial charge in [0.05, 0.1) is 0 Å². The molecule has 0 bridgehead atoms. The smallest absolute Gasteiger partial charge is 0.0196 e. The summed E-state index contributed by atoms with van der Waals surface area (Å²) in [5.41, 5.74) is 6.22. The molecule has 0 radical (unpaired) electrons. The summed E-state index contributed by atoms with van der Waals surface area (Å²) in [5.74, 6) is 2.52. The Morgan fingerprint density at radius 2 is 1.93 bits per heavy atom. The van der Waals surface area contributed by atoms with E-state index in [0.717, 1.165) is 30.3 Å². The third-order valence-corrected chi connectivity index (χ3v) is 4.39. The first-order valence-electron chi connectivity index (χ1n) is 6.57. The van der Waals surface area contributed by atoms with Crippen molar-refractivity contribution >= 4 is 0 Å². The van der Waals surface area contributed by atoms with Crippen LogP contribution in [-0.4, -0.2) is 30.1 Å². The minimum Gasteiger partial charge on any atom is -0.326 e. The molecule has 2 N–H and O–H groups in total. The Morgan fingerprint density at radius 3 is 2.53 bits per heavy atom. The molecular weight excluding hydrogens is 184 g/mol. The van der Waals surface area contributed by atoms with E-state index in [1.54, 1.807) is 0 Å². The van der Waals surface area contributed by atoms with Gasteiger partial charge in [0.2, 0.25) is 0 Å². The molecule has 88 valence electrons. The summed E-state index contributed by atoms with van der Waals surface area (Å²) >= 11 is 0. The second-order valence-electron chi connectivity index (χ2n) is 6.01. The average Bonchev–Trinajstić information content (AvgIpc) is 2.96. The maximum absolute atomic E-state index is 6.22. The summed E-state index contributed by atoms with van der Waals surface area (Å²) < 4.78 is 0. The van der Waals surface area contributed by atoms with Crippen LogP contribution in [0.15, 0.2) is 0 Å². The number of likely N-dealkylation sites (tertiary alicyclic amines) is 1. The van der Waals surface area contributed by atoms with Crippen molar-refractivity contribution in [2.75, 3.05) is 13.1 Å². The molecule has 1 aliphatic carbocycles. The summed E-state index contributed by atoms with van der Waals surface area (Å²) in [4.78, 5) is 2.63. The van der Waals surface area contributed by atoms with Gasteiger partial charge in [-0.3, -0.25) is 4.90 Å². The highest BCUT2D eigenvalue weighted by Gasteiger charge is 2.34. The molecule has 1 aliphatic heterocycles. The Labute approximate surface area is 94.2 Å². The molecule has 1 heterocycles. The third kappa shape index (κ3) is 2.73. The van der Waals surface area contributed by atoms with E-state index in [4.69, 9.17) is 5.73 Å². The first-order chi connectivity index (χ1) is 7.08. The van der Waals surface area contributed by atoms with Gasteiger partial charge in [0.1, 0.15) is 0 Å². The zero-order chi connectivity index (χ0) is 11.0. The lowest BCUT2D eigenvalue weighted by atomic mass is 9.85. The van der Waals surface area contributed by atoms with Crippen LogP contribution in [0, 0.1) is 17.8 Å². The molecule has 0 aromatic carbocycles. The Bertz CT molecular complexity index is 213. The van der Waals surface area contributed by atoms with Gasteiger partial charge in [0.15, 0.2) is 0 Å². The van der Waals surface area contributed by atoms with Gasteiger partial charge in [-0.25, -0.2) is 0 Å². The standard InChI is InChI=1S/C13H26N2/c1-9-6-10(2)11(3)15(7-9)8-13(14)12-4-5-12/h9-13H,4-8,14H2,1-3H3. The molecule has 2 nitrogen and oxygen atoms in total. The molecule has 2 heteroatoms. The van der Waals surface area contributed by atoms with Crippen LogP contribution in [-0.2, 0) is 0 Å². The van der Waals surface area contributed by atoms with Crippen LogP contribution in [0.25, 0.3) is 0 Å². The number of nitrogens with zero attached hydrogens (tertiary/aromatic N) is 1. The zero-order valence-electron chi connectivity index (χ0n) is 10.4. The van der Waals surface area contributed by atoms with Gasteiger partial charge in [0.25, 0.3) is 0 Å². The van der Waals surface area contributed by atoms with Crippen LogP contribution in [0.3, 0.4) is 0 Å². The molecule has 1 saturated heterocycles.